The minimum absolute atomic E-state index is 0.0289. The molecule has 0 saturated heterocycles. The third-order valence-corrected chi connectivity index (χ3v) is 4.21. The second-order valence-electron chi connectivity index (χ2n) is 5.58. The van der Waals surface area contributed by atoms with Gasteiger partial charge in [0, 0.05) is 23.1 Å². The fourth-order valence-corrected chi connectivity index (χ4v) is 2.63. The quantitative estimate of drug-likeness (QED) is 0.647. The standard InChI is InChI=1S/C19H22BrN3O2/c1-2-17(14-8-10-15(20)11-9-14)23-18(24)12-13-21-19(25)22-16-6-4-3-5-7-16/h3-11,17H,2,12-13H2,1H3,(H,23,24)(H2,21,22,25). The molecule has 2 aromatic carbocycles. The zero-order valence-corrected chi connectivity index (χ0v) is 15.7. The molecule has 0 bridgehead atoms. The Bertz CT molecular complexity index is 690. The van der Waals surface area contributed by atoms with E-state index >= 15 is 0 Å². The zero-order chi connectivity index (χ0) is 18.1. The van der Waals surface area contributed by atoms with Crippen LogP contribution in [0.4, 0.5) is 10.5 Å². The number of rotatable bonds is 7. The number of halogens is 1. The molecule has 3 N–H and O–H groups in total. The molecule has 3 amide bonds. The smallest absolute Gasteiger partial charge is 0.319 e. The number of nitrogens with one attached hydrogen (secondary N) is 3. The molecule has 0 fully saturated rings. The van der Waals surface area contributed by atoms with E-state index in [1.165, 1.54) is 0 Å². The van der Waals surface area contributed by atoms with E-state index in [-0.39, 0.29) is 30.9 Å². The third kappa shape index (κ3) is 6.58. The predicted octanol–water partition coefficient (Wildman–Crippen LogP) is 4.23. The highest BCUT2D eigenvalue weighted by Crippen LogP contribution is 2.19. The number of para-hydroxylation sites is 1. The van der Waals surface area contributed by atoms with Crippen LogP contribution in [0.15, 0.2) is 59.1 Å². The van der Waals surface area contributed by atoms with Crippen LogP contribution in [0.3, 0.4) is 0 Å². The van der Waals surface area contributed by atoms with Crippen molar-refractivity contribution in [1.82, 2.24) is 10.6 Å². The second-order valence-corrected chi connectivity index (χ2v) is 6.49. The maximum absolute atomic E-state index is 12.1. The van der Waals surface area contributed by atoms with Crippen molar-refractivity contribution >= 4 is 33.6 Å². The van der Waals surface area contributed by atoms with Gasteiger partial charge in [0.1, 0.15) is 0 Å². The second kappa shape index (κ2) is 9.84. The van der Waals surface area contributed by atoms with Gasteiger partial charge in [-0.2, -0.15) is 0 Å². The number of hydrogen-bond donors (Lipinski definition) is 3. The number of benzene rings is 2. The van der Waals surface area contributed by atoms with Gasteiger partial charge in [-0.3, -0.25) is 4.79 Å². The molecule has 0 saturated carbocycles. The van der Waals surface area contributed by atoms with Gasteiger partial charge in [-0.1, -0.05) is 53.2 Å². The van der Waals surface area contributed by atoms with Gasteiger partial charge >= 0.3 is 6.03 Å². The maximum Gasteiger partial charge on any atom is 0.319 e. The molecule has 0 aliphatic rings. The SMILES string of the molecule is CCC(NC(=O)CCNC(=O)Nc1ccccc1)c1ccc(Br)cc1. The lowest BCUT2D eigenvalue weighted by atomic mass is 10.0. The number of carbonyl (C=O) groups excluding carboxylic acids is 2. The van der Waals surface area contributed by atoms with Gasteiger partial charge in [-0.25, -0.2) is 4.79 Å². The van der Waals surface area contributed by atoms with Gasteiger partial charge in [-0.15, -0.1) is 0 Å². The van der Waals surface area contributed by atoms with E-state index in [2.05, 4.69) is 31.9 Å². The highest BCUT2D eigenvalue weighted by molar-refractivity contribution is 9.10. The summed E-state index contributed by atoms with van der Waals surface area (Å²) in [5, 5.41) is 8.40. The first kappa shape index (κ1) is 19.0. The summed E-state index contributed by atoms with van der Waals surface area (Å²) in [6.07, 6.45) is 1.03. The summed E-state index contributed by atoms with van der Waals surface area (Å²) >= 11 is 3.41. The first-order chi connectivity index (χ1) is 12.1. The van der Waals surface area contributed by atoms with Crippen molar-refractivity contribution in [2.75, 3.05) is 11.9 Å². The number of amides is 3. The summed E-state index contributed by atoms with van der Waals surface area (Å²) in [6.45, 7) is 2.31. The fraction of sp³-hybridized carbons (Fsp3) is 0.263. The van der Waals surface area contributed by atoms with Crippen LogP contribution in [-0.2, 0) is 4.79 Å². The molecule has 0 radical (unpaired) electrons. The van der Waals surface area contributed by atoms with E-state index in [0.29, 0.717) is 5.69 Å². The number of anilines is 1. The molecule has 0 aliphatic heterocycles. The van der Waals surface area contributed by atoms with Crippen LogP contribution in [0, 0.1) is 0 Å². The molecule has 5 nitrogen and oxygen atoms in total. The lowest BCUT2D eigenvalue weighted by Crippen LogP contribution is -2.34. The van der Waals surface area contributed by atoms with Gasteiger partial charge in [0.2, 0.25) is 5.91 Å². The number of carbonyl (C=O) groups is 2. The molecule has 2 aromatic rings. The summed E-state index contributed by atoms with van der Waals surface area (Å²) in [7, 11) is 0. The Morgan fingerprint density at radius 2 is 1.72 bits per heavy atom. The molecule has 0 aromatic heterocycles. The first-order valence-corrected chi connectivity index (χ1v) is 9.02. The summed E-state index contributed by atoms with van der Waals surface area (Å²) in [5.41, 5.74) is 1.78. The topological polar surface area (TPSA) is 70.2 Å². The van der Waals surface area contributed by atoms with Crippen molar-refractivity contribution in [1.29, 1.82) is 0 Å². The van der Waals surface area contributed by atoms with E-state index < -0.39 is 0 Å². The van der Waals surface area contributed by atoms with Crippen LogP contribution in [0.2, 0.25) is 0 Å². The van der Waals surface area contributed by atoms with Crippen molar-refractivity contribution in [2.45, 2.75) is 25.8 Å². The van der Waals surface area contributed by atoms with E-state index in [9.17, 15) is 9.59 Å². The molecular weight excluding hydrogens is 382 g/mol. The lowest BCUT2D eigenvalue weighted by Gasteiger charge is -2.17. The fourth-order valence-electron chi connectivity index (χ4n) is 2.37. The van der Waals surface area contributed by atoms with Gasteiger partial charge in [-0.05, 0) is 36.2 Å². The van der Waals surface area contributed by atoms with Crippen molar-refractivity contribution in [3.63, 3.8) is 0 Å². The summed E-state index contributed by atoms with van der Waals surface area (Å²) in [4.78, 5) is 23.9. The number of urea groups is 1. The molecule has 1 atom stereocenters. The Morgan fingerprint density at radius 1 is 1.04 bits per heavy atom. The summed E-state index contributed by atoms with van der Waals surface area (Å²) in [6, 6.07) is 16.7. The lowest BCUT2D eigenvalue weighted by molar-refractivity contribution is -0.121. The Kier molecular flexibility index (Phi) is 7.47. The molecule has 0 spiro atoms. The average Bonchev–Trinajstić information content (AvgIpc) is 2.61. The molecule has 1 unspecified atom stereocenters. The zero-order valence-electron chi connectivity index (χ0n) is 14.1. The van der Waals surface area contributed by atoms with Gasteiger partial charge < -0.3 is 16.0 Å². The van der Waals surface area contributed by atoms with Crippen LogP contribution < -0.4 is 16.0 Å². The van der Waals surface area contributed by atoms with Crippen molar-refractivity contribution < 1.29 is 9.59 Å². The van der Waals surface area contributed by atoms with Gasteiger partial charge in [0.05, 0.1) is 6.04 Å². The molecule has 25 heavy (non-hydrogen) atoms. The molecular formula is C19H22BrN3O2. The Balaban J connectivity index is 1.74. The largest absolute Gasteiger partial charge is 0.349 e. The van der Waals surface area contributed by atoms with E-state index in [1.54, 1.807) is 12.1 Å². The molecule has 0 heterocycles. The van der Waals surface area contributed by atoms with Crippen LogP contribution in [-0.4, -0.2) is 18.5 Å². The molecule has 6 heteroatoms. The normalized spacial score (nSPS) is 11.4. The van der Waals surface area contributed by atoms with Crippen LogP contribution in [0.25, 0.3) is 0 Å². The van der Waals surface area contributed by atoms with E-state index in [1.807, 2.05) is 49.4 Å². The van der Waals surface area contributed by atoms with Crippen LogP contribution in [0.1, 0.15) is 31.4 Å². The predicted molar refractivity (Wildman–Crippen MR) is 103 cm³/mol. The highest BCUT2D eigenvalue weighted by atomic mass is 79.9. The summed E-state index contributed by atoms with van der Waals surface area (Å²) < 4.78 is 1.01. The molecule has 132 valence electrons. The van der Waals surface area contributed by atoms with Crippen LogP contribution in [0.5, 0.6) is 0 Å². The maximum atomic E-state index is 12.1. The van der Waals surface area contributed by atoms with Gasteiger partial charge in [0.25, 0.3) is 0 Å². The van der Waals surface area contributed by atoms with Gasteiger partial charge in [0.15, 0.2) is 0 Å². The Morgan fingerprint density at radius 3 is 2.36 bits per heavy atom. The van der Waals surface area contributed by atoms with Crippen molar-refractivity contribution in [3.05, 3.63) is 64.6 Å². The minimum Gasteiger partial charge on any atom is -0.349 e. The third-order valence-electron chi connectivity index (χ3n) is 3.69. The van der Waals surface area contributed by atoms with Crippen molar-refractivity contribution in [3.8, 4) is 0 Å². The Labute approximate surface area is 156 Å². The average molecular weight is 404 g/mol. The summed E-state index contributed by atoms with van der Waals surface area (Å²) in [5.74, 6) is -0.0882. The highest BCUT2D eigenvalue weighted by Gasteiger charge is 2.12. The first-order valence-electron chi connectivity index (χ1n) is 8.23. The number of hydrogen-bond acceptors (Lipinski definition) is 2. The van der Waals surface area contributed by atoms with Crippen molar-refractivity contribution in [2.24, 2.45) is 0 Å². The minimum atomic E-state index is -0.320. The monoisotopic (exact) mass is 403 g/mol. The molecule has 2 rings (SSSR count). The van der Waals surface area contributed by atoms with Crippen LogP contribution >= 0.6 is 15.9 Å². The van der Waals surface area contributed by atoms with E-state index in [4.69, 9.17) is 0 Å². The van der Waals surface area contributed by atoms with E-state index in [0.717, 1.165) is 16.5 Å². The Hall–Kier alpha value is -2.34. The molecule has 0 aliphatic carbocycles.